The lowest BCUT2D eigenvalue weighted by molar-refractivity contribution is -0.145. The van der Waals surface area contributed by atoms with E-state index in [-0.39, 0.29) is 24.0 Å². The van der Waals surface area contributed by atoms with Crippen LogP contribution in [0.1, 0.15) is 42.5 Å². The third kappa shape index (κ3) is 2.66. The standard InChI is InChI=1S/C17H20N2O2/c1-2-21-17(20)15-9-14(10-18)16(19-15)13-7-6-11-4-3-5-12(11)8-13/h6-8,14-16,19H,2-5,9H2,1H3. The number of aryl methyl sites for hydroxylation is 2. The zero-order valence-electron chi connectivity index (χ0n) is 12.3. The summed E-state index contributed by atoms with van der Waals surface area (Å²) in [6, 6.07) is 8.37. The zero-order chi connectivity index (χ0) is 14.8. The highest BCUT2D eigenvalue weighted by atomic mass is 16.5. The van der Waals surface area contributed by atoms with Gasteiger partial charge in [-0.05, 0) is 49.3 Å². The number of carbonyl (C=O) groups is 1. The number of rotatable bonds is 3. The van der Waals surface area contributed by atoms with Crippen LogP contribution in [0.3, 0.4) is 0 Å². The number of nitrogens with one attached hydrogen (secondary N) is 1. The largest absolute Gasteiger partial charge is 0.465 e. The van der Waals surface area contributed by atoms with E-state index in [9.17, 15) is 10.1 Å². The number of nitrogens with zero attached hydrogens (tertiary/aromatic N) is 1. The number of nitriles is 1. The Hall–Kier alpha value is -1.86. The molecule has 1 fully saturated rings. The molecule has 3 rings (SSSR count). The van der Waals surface area contributed by atoms with Crippen LogP contribution in [0, 0.1) is 17.2 Å². The number of esters is 1. The number of ether oxygens (including phenoxy) is 1. The lowest BCUT2D eigenvalue weighted by Gasteiger charge is -2.16. The Kier molecular flexibility index (Phi) is 3.94. The van der Waals surface area contributed by atoms with E-state index < -0.39 is 0 Å². The monoisotopic (exact) mass is 284 g/mol. The molecule has 1 saturated heterocycles. The highest BCUT2D eigenvalue weighted by molar-refractivity contribution is 5.76. The van der Waals surface area contributed by atoms with Crippen molar-refractivity contribution in [3.8, 4) is 6.07 Å². The summed E-state index contributed by atoms with van der Waals surface area (Å²) in [5.41, 5.74) is 3.94. The lowest BCUT2D eigenvalue weighted by atomic mass is 9.93. The molecular formula is C17H20N2O2. The molecule has 3 atom stereocenters. The first-order chi connectivity index (χ1) is 10.2. The fourth-order valence-electron chi connectivity index (χ4n) is 3.44. The van der Waals surface area contributed by atoms with Gasteiger partial charge in [-0.1, -0.05) is 18.2 Å². The molecule has 1 aliphatic heterocycles. The molecule has 0 radical (unpaired) electrons. The molecular weight excluding hydrogens is 264 g/mol. The van der Waals surface area contributed by atoms with Gasteiger partial charge in [-0.15, -0.1) is 0 Å². The summed E-state index contributed by atoms with van der Waals surface area (Å²) >= 11 is 0. The lowest BCUT2D eigenvalue weighted by Crippen LogP contribution is -2.33. The molecule has 1 aromatic rings. The average molecular weight is 284 g/mol. The van der Waals surface area contributed by atoms with Crippen LogP contribution in [-0.4, -0.2) is 18.6 Å². The van der Waals surface area contributed by atoms with E-state index in [4.69, 9.17) is 4.74 Å². The van der Waals surface area contributed by atoms with Crippen molar-refractivity contribution in [1.29, 1.82) is 5.26 Å². The molecule has 0 amide bonds. The van der Waals surface area contributed by atoms with Gasteiger partial charge >= 0.3 is 5.97 Å². The van der Waals surface area contributed by atoms with E-state index in [1.165, 1.54) is 17.5 Å². The quantitative estimate of drug-likeness (QED) is 0.865. The van der Waals surface area contributed by atoms with E-state index in [0.29, 0.717) is 13.0 Å². The summed E-state index contributed by atoms with van der Waals surface area (Å²) < 4.78 is 5.07. The third-order valence-electron chi connectivity index (χ3n) is 4.49. The Morgan fingerprint density at radius 2 is 2.24 bits per heavy atom. The number of benzene rings is 1. The second-order valence-electron chi connectivity index (χ2n) is 5.80. The van der Waals surface area contributed by atoms with Gasteiger partial charge in [0.1, 0.15) is 6.04 Å². The number of hydrogen-bond donors (Lipinski definition) is 1. The predicted molar refractivity (Wildman–Crippen MR) is 78.5 cm³/mol. The van der Waals surface area contributed by atoms with Crippen LogP contribution < -0.4 is 5.32 Å². The maximum Gasteiger partial charge on any atom is 0.323 e. The van der Waals surface area contributed by atoms with Crippen molar-refractivity contribution < 1.29 is 9.53 Å². The SMILES string of the molecule is CCOC(=O)C1CC(C#N)C(c2ccc3c(c2)CCC3)N1. The summed E-state index contributed by atoms with van der Waals surface area (Å²) in [5, 5.41) is 12.7. The first-order valence-electron chi connectivity index (χ1n) is 7.67. The molecule has 1 heterocycles. The first kappa shape index (κ1) is 14.1. The Balaban J connectivity index is 1.81. The van der Waals surface area contributed by atoms with Crippen molar-refractivity contribution in [2.45, 2.75) is 44.7 Å². The highest BCUT2D eigenvalue weighted by Gasteiger charge is 2.39. The summed E-state index contributed by atoms with van der Waals surface area (Å²) in [4.78, 5) is 11.9. The minimum absolute atomic E-state index is 0.0738. The zero-order valence-corrected chi connectivity index (χ0v) is 12.3. The van der Waals surface area contributed by atoms with Gasteiger partial charge in [0.25, 0.3) is 0 Å². The molecule has 3 unspecified atom stereocenters. The number of fused-ring (bicyclic) bond motifs is 1. The van der Waals surface area contributed by atoms with Crippen LogP contribution in [-0.2, 0) is 22.4 Å². The average Bonchev–Trinajstić information content (AvgIpc) is 3.13. The summed E-state index contributed by atoms with van der Waals surface area (Å²) in [5.74, 6) is -0.430. The molecule has 21 heavy (non-hydrogen) atoms. The van der Waals surface area contributed by atoms with Crippen molar-refractivity contribution in [2.75, 3.05) is 6.61 Å². The molecule has 0 aromatic heterocycles. The van der Waals surface area contributed by atoms with Gasteiger partial charge in [-0.3, -0.25) is 10.1 Å². The van der Waals surface area contributed by atoms with Gasteiger partial charge in [0.2, 0.25) is 0 Å². The van der Waals surface area contributed by atoms with Crippen LogP contribution in [0.4, 0.5) is 0 Å². The summed E-state index contributed by atoms with van der Waals surface area (Å²) in [7, 11) is 0. The van der Waals surface area contributed by atoms with E-state index in [1.807, 2.05) is 0 Å². The second kappa shape index (κ2) is 5.87. The third-order valence-corrected chi connectivity index (χ3v) is 4.49. The molecule has 4 nitrogen and oxygen atoms in total. The number of carbonyl (C=O) groups excluding carboxylic acids is 1. The maximum atomic E-state index is 11.9. The van der Waals surface area contributed by atoms with Crippen LogP contribution in [0.2, 0.25) is 0 Å². The Morgan fingerprint density at radius 1 is 1.43 bits per heavy atom. The Bertz CT molecular complexity index is 591. The maximum absolute atomic E-state index is 11.9. The first-order valence-corrected chi connectivity index (χ1v) is 7.67. The van der Waals surface area contributed by atoms with Crippen LogP contribution >= 0.6 is 0 Å². The van der Waals surface area contributed by atoms with E-state index in [1.54, 1.807) is 6.92 Å². The van der Waals surface area contributed by atoms with Crippen LogP contribution in [0.25, 0.3) is 0 Å². The van der Waals surface area contributed by atoms with Gasteiger partial charge in [-0.25, -0.2) is 0 Å². The molecule has 1 N–H and O–H groups in total. The van der Waals surface area contributed by atoms with Gasteiger partial charge < -0.3 is 4.74 Å². The summed E-state index contributed by atoms with van der Waals surface area (Å²) in [6.07, 6.45) is 4.01. The van der Waals surface area contributed by atoms with Gasteiger partial charge in [0.05, 0.1) is 18.6 Å². The van der Waals surface area contributed by atoms with Crippen molar-refractivity contribution in [2.24, 2.45) is 5.92 Å². The fraction of sp³-hybridized carbons (Fsp3) is 0.529. The van der Waals surface area contributed by atoms with Crippen molar-refractivity contribution in [3.63, 3.8) is 0 Å². The predicted octanol–water partition coefficient (Wildman–Crippen LogP) is 2.28. The Labute approximate surface area is 125 Å². The van der Waals surface area contributed by atoms with Gasteiger partial charge in [0, 0.05) is 6.04 Å². The highest BCUT2D eigenvalue weighted by Crippen LogP contribution is 2.35. The summed E-state index contributed by atoms with van der Waals surface area (Å²) in [6.45, 7) is 2.17. The van der Waals surface area contributed by atoms with Crippen LogP contribution in [0.5, 0.6) is 0 Å². The molecule has 4 heteroatoms. The van der Waals surface area contributed by atoms with Crippen molar-refractivity contribution >= 4 is 5.97 Å². The normalized spacial score (nSPS) is 27.1. The molecule has 1 aliphatic carbocycles. The van der Waals surface area contributed by atoms with Crippen LogP contribution in [0.15, 0.2) is 18.2 Å². The van der Waals surface area contributed by atoms with Gasteiger partial charge in [-0.2, -0.15) is 5.26 Å². The molecule has 110 valence electrons. The fourth-order valence-corrected chi connectivity index (χ4v) is 3.44. The second-order valence-corrected chi connectivity index (χ2v) is 5.80. The van der Waals surface area contributed by atoms with Gasteiger partial charge in [0.15, 0.2) is 0 Å². The van der Waals surface area contributed by atoms with E-state index in [2.05, 4.69) is 29.6 Å². The topological polar surface area (TPSA) is 62.1 Å². The minimum Gasteiger partial charge on any atom is -0.465 e. The molecule has 0 saturated carbocycles. The van der Waals surface area contributed by atoms with E-state index in [0.717, 1.165) is 18.4 Å². The molecule has 1 aromatic carbocycles. The van der Waals surface area contributed by atoms with E-state index >= 15 is 0 Å². The molecule has 0 bridgehead atoms. The minimum atomic E-state index is -0.368. The van der Waals surface area contributed by atoms with Crippen molar-refractivity contribution in [3.05, 3.63) is 34.9 Å². The molecule has 0 spiro atoms. The Morgan fingerprint density at radius 3 is 3.00 bits per heavy atom. The number of hydrogen-bond acceptors (Lipinski definition) is 4. The smallest absolute Gasteiger partial charge is 0.323 e. The van der Waals surface area contributed by atoms with Crippen molar-refractivity contribution in [1.82, 2.24) is 5.32 Å². The molecule has 2 aliphatic rings.